The summed E-state index contributed by atoms with van der Waals surface area (Å²) in [5.41, 5.74) is 27.6. The Bertz CT molecular complexity index is 2050. The van der Waals surface area contributed by atoms with Crippen molar-refractivity contribution in [3.8, 4) is 0 Å². The summed E-state index contributed by atoms with van der Waals surface area (Å²) in [6, 6.07) is 16.1. The minimum Gasteiger partial charge on any atom is -0.388 e. The number of hydrogen-bond donors (Lipinski definition) is 7. The minimum atomic E-state index is -0.708. The second kappa shape index (κ2) is 25.3. The fourth-order valence-electron chi connectivity index (χ4n) is 6.98. The molecule has 2 heterocycles. The van der Waals surface area contributed by atoms with E-state index in [4.69, 9.17) is 38.3 Å². The fourth-order valence-corrected chi connectivity index (χ4v) is 7.11. The van der Waals surface area contributed by atoms with Crippen molar-refractivity contribution in [3.63, 3.8) is 0 Å². The van der Waals surface area contributed by atoms with Crippen LogP contribution in [0.3, 0.4) is 0 Å². The van der Waals surface area contributed by atoms with Crippen molar-refractivity contribution in [2.45, 2.75) is 57.5 Å². The zero-order valence-corrected chi connectivity index (χ0v) is 36.6. The predicted molar refractivity (Wildman–Crippen MR) is 245 cm³/mol. The van der Waals surface area contributed by atoms with E-state index in [1.807, 2.05) is 77.8 Å². The van der Waals surface area contributed by atoms with Crippen LogP contribution in [0, 0.1) is 0 Å². The van der Waals surface area contributed by atoms with Gasteiger partial charge >= 0.3 is 0 Å². The molecular formula is C45H60ClN11O6. The number of amides is 4. The zero-order valence-electron chi connectivity index (χ0n) is 35.8. The Balaban J connectivity index is 0.000000238. The number of nitrogens with one attached hydrogen (secondary N) is 4. The number of carbonyl (C=O) groups excluding carboxylic acids is 4. The summed E-state index contributed by atoms with van der Waals surface area (Å²) >= 11 is 5.96. The predicted octanol–water partition coefficient (Wildman–Crippen LogP) is 2.36. The maximum atomic E-state index is 12.9. The third-order valence-electron chi connectivity index (χ3n) is 10.4. The lowest BCUT2D eigenvalue weighted by molar-refractivity contribution is -0.133. The lowest BCUT2D eigenvalue weighted by Crippen LogP contribution is -2.55. The van der Waals surface area contributed by atoms with Gasteiger partial charge in [-0.15, -0.1) is 0 Å². The highest BCUT2D eigenvalue weighted by molar-refractivity contribution is 6.30. The van der Waals surface area contributed by atoms with Gasteiger partial charge in [0.25, 0.3) is 11.8 Å². The van der Waals surface area contributed by atoms with Gasteiger partial charge in [-0.1, -0.05) is 78.4 Å². The van der Waals surface area contributed by atoms with Gasteiger partial charge in [-0.2, -0.15) is 0 Å². The van der Waals surface area contributed by atoms with Gasteiger partial charge in [0.1, 0.15) is 12.1 Å². The number of nitrogens with two attached hydrogens (primary N) is 3. The molecule has 0 saturated carbocycles. The molecule has 2 saturated heterocycles. The molecule has 2 unspecified atom stereocenters. The van der Waals surface area contributed by atoms with E-state index in [1.54, 1.807) is 18.0 Å². The first-order valence-corrected chi connectivity index (χ1v) is 21.6. The van der Waals surface area contributed by atoms with Crippen LogP contribution in [0.5, 0.6) is 0 Å². The number of carbonyl (C=O) groups is 4. The lowest BCUT2D eigenvalue weighted by atomic mass is 10.0. The van der Waals surface area contributed by atoms with E-state index in [0.717, 1.165) is 22.3 Å². The number of morpholine rings is 2. The van der Waals surface area contributed by atoms with E-state index in [0.29, 0.717) is 126 Å². The average Bonchev–Trinajstić information content (AvgIpc) is 3.99. The van der Waals surface area contributed by atoms with Crippen LogP contribution in [0.15, 0.2) is 100 Å². The minimum absolute atomic E-state index is 0.000248. The summed E-state index contributed by atoms with van der Waals surface area (Å²) in [4.78, 5) is 59.7. The Labute approximate surface area is 373 Å². The summed E-state index contributed by atoms with van der Waals surface area (Å²) in [5, 5.41) is 10.1. The monoisotopic (exact) mass is 885 g/mol. The molecule has 338 valence electrons. The molecule has 2 aliphatic heterocycles. The number of ether oxygens (including phenoxy) is 2. The van der Waals surface area contributed by atoms with Gasteiger partial charge < -0.3 is 37.3 Å². The van der Waals surface area contributed by atoms with E-state index in [2.05, 4.69) is 31.5 Å². The van der Waals surface area contributed by atoms with Crippen LogP contribution in [0.4, 0.5) is 0 Å². The molecule has 4 amide bonds. The van der Waals surface area contributed by atoms with Crippen LogP contribution in [-0.2, 0) is 28.7 Å². The average molecular weight is 886 g/mol. The lowest BCUT2D eigenvalue weighted by Gasteiger charge is -2.29. The molecular weight excluding hydrogens is 826 g/mol. The number of hydrogen-bond acceptors (Lipinski definition) is 10. The molecule has 0 bridgehead atoms. The van der Waals surface area contributed by atoms with Crippen LogP contribution in [0.25, 0.3) is 11.1 Å². The van der Waals surface area contributed by atoms with Crippen molar-refractivity contribution in [2.75, 3.05) is 65.7 Å². The van der Waals surface area contributed by atoms with Crippen LogP contribution in [0.1, 0.15) is 56.6 Å². The first kappa shape index (κ1) is 48.2. The molecule has 6 rings (SSSR count). The Morgan fingerprint density at radius 2 is 1.10 bits per heavy atom. The first-order valence-electron chi connectivity index (χ1n) is 21.3. The quantitative estimate of drug-likeness (QED) is 0.0651. The van der Waals surface area contributed by atoms with E-state index >= 15 is 0 Å². The van der Waals surface area contributed by atoms with Gasteiger partial charge in [0.05, 0.1) is 32.3 Å². The number of amidine groups is 1. The molecule has 18 heteroatoms. The van der Waals surface area contributed by atoms with E-state index in [-0.39, 0.29) is 29.6 Å². The molecule has 2 aromatic carbocycles. The highest BCUT2D eigenvalue weighted by Crippen LogP contribution is 2.30. The van der Waals surface area contributed by atoms with Crippen molar-refractivity contribution < 1.29 is 28.7 Å². The van der Waals surface area contributed by atoms with E-state index < -0.39 is 12.1 Å². The molecule has 63 heavy (non-hydrogen) atoms. The van der Waals surface area contributed by atoms with Crippen LogP contribution in [-0.4, -0.2) is 123 Å². The van der Waals surface area contributed by atoms with Crippen molar-refractivity contribution in [2.24, 2.45) is 27.2 Å². The van der Waals surface area contributed by atoms with Crippen molar-refractivity contribution in [1.82, 2.24) is 31.5 Å². The van der Waals surface area contributed by atoms with Gasteiger partial charge in [-0.25, -0.2) is 10.0 Å². The summed E-state index contributed by atoms with van der Waals surface area (Å²) in [5.74, 6) is -0.473. The topological polar surface area (TPSA) is 244 Å². The molecule has 2 fully saturated rings. The molecule has 2 atom stereocenters. The summed E-state index contributed by atoms with van der Waals surface area (Å²) in [6.45, 7) is 7.31. The molecule has 17 nitrogen and oxygen atoms in total. The van der Waals surface area contributed by atoms with Crippen LogP contribution < -0.4 is 38.7 Å². The highest BCUT2D eigenvalue weighted by Gasteiger charge is 2.27. The van der Waals surface area contributed by atoms with Crippen molar-refractivity contribution in [1.29, 1.82) is 0 Å². The Hall–Kier alpha value is -5.85. The Morgan fingerprint density at radius 1 is 0.651 bits per heavy atom. The molecule has 0 radical (unpaired) electrons. The van der Waals surface area contributed by atoms with Gasteiger partial charge in [0.2, 0.25) is 11.8 Å². The van der Waals surface area contributed by atoms with Crippen LogP contribution in [0.2, 0.25) is 5.02 Å². The normalized spacial score (nSPS) is 17.7. The second-order valence-corrected chi connectivity index (χ2v) is 15.7. The number of benzene rings is 2. The van der Waals surface area contributed by atoms with Crippen LogP contribution >= 0.6 is 11.6 Å². The van der Waals surface area contributed by atoms with Gasteiger partial charge in [0, 0.05) is 68.3 Å². The number of guanidine groups is 1. The van der Waals surface area contributed by atoms with Gasteiger partial charge in [-0.05, 0) is 67.0 Å². The standard InChI is InChI=1S/C23H31N5O3.C22H29ClN6O3/c1-17(24)25-11-5-8-21(23(30)27-28-12-14-31-15-13-28)26-22(29)20-10-9-19(16-20)18-6-3-2-4-7-18;23-18-7-5-15(6-8-18)16-3-4-17(14-16)20(30)27-19(2-1-9-26-22(24)25)21(31)28-29-10-12-32-13-11-29/h2-4,6-7,9-10,21H,5,8,11-16H2,1H3,(H2,24,25)(H,26,29)(H,27,30);3-8,19H,1-2,9-14H2,(H,27,30)(H,28,31)(H4,24,25,26). The first-order chi connectivity index (χ1) is 30.4. The van der Waals surface area contributed by atoms with E-state index in [9.17, 15) is 19.2 Å². The van der Waals surface area contributed by atoms with E-state index in [1.165, 1.54) is 0 Å². The number of hydrazine groups is 2. The maximum Gasteiger partial charge on any atom is 0.256 e. The third kappa shape index (κ3) is 16.4. The number of halogens is 1. The summed E-state index contributed by atoms with van der Waals surface area (Å²) in [6.07, 6.45) is 10.6. The summed E-state index contributed by atoms with van der Waals surface area (Å²) < 4.78 is 10.6. The number of rotatable bonds is 18. The highest BCUT2D eigenvalue weighted by atomic mass is 35.5. The largest absolute Gasteiger partial charge is 0.388 e. The molecule has 2 aliphatic carbocycles. The third-order valence-corrected chi connectivity index (χ3v) is 10.7. The smallest absolute Gasteiger partial charge is 0.256 e. The van der Waals surface area contributed by atoms with Crippen molar-refractivity contribution >= 4 is 58.2 Å². The molecule has 4 aliphatic rings. The zero-order chi connectivity index (χ0) is 45.0. The molecule has 0 aromatic heterocycles. The SMILES string of the molecule is CC(N)=NCCCC(NC(=O)C1=CC=C(c2ccccc2)C1)C(=O)NN1CCOCC1.NC(N)=NCCCC(NC(=O)C1=CC=C(c2ccc(Cl)cc2)C1)C(=O)NN1CCOCC1. The molecule has 10 N–H and O–H groups in total. The number of allylic oxidation sites excluding steroid dienone is 6. The molecule has 0 spiro atoms. The second-order valence-electron chi connectivity index (χ2n) is 15.3. The molecule has 2 aromatic rings. The van der Waals surface area contributed by atoms with Gasteiger partial charge in [-0.3, -0.25) is 40.0 Å². The Morgan fingerprint density at radius 3 is 1.54 bits per heavy atom. The summed E-state index contributed by atoms with van der Waals surface area (Å²) in [7, 11) is 0. The van der Waals surface area contributed by atoms with Crippen molar-refractivity contribution in [3.05, 3.63) is 106 Å². The fraction of sp³-hybridized carbons (Fsp3) is 0.422. The van der Waals surface area contributed by atoms with Gasteiger partial charge in [0.15, 0.2) is 5.96 Å². The Kier molecular flexibility index (Phi) is 19.4. The number of aliphatic imine (C=N–C) groups is 2. The maximum absolute atomic E-state index is 12.9. The number of nitrogens with zero attached hydrogens (tertiary/aromatic N) is 4.